The highest BCUT2D eigenvalue weighted by atomic mass is 35.5. The van der Waals surface area contributed by atoms with E-state index in [9.17, 15) is 4.79 Å². The molecular weight excluding hydrogens is 410 g/mol. The molecule has 0 saturated carbocycles. The summed E-state index contributed by atoms with van der Waals surface area (Å²) >= 11 is 5.94. The van der Waals surface area contributed by atoms with Gasteiger partial charge in [0.05, 0.1) is 5.69 Å². The molecule has 7 heteroatoms. The zero-order valence-electron chi connectivity index (χ0n) is 18.6. The Morgan fingerprint density at radius 2 is 1.81 bits per heavy atom. The first kappa shape index (κ1) is 22.6. The lowest BCUT2D eigenvalue weighted by Crippen LogP contribution is -2.36. The minimum absolute atomic E-state index is 0.248. The van der Waals surface area contributed by atoms with E-state index in [1.165, 1.54) is 5.56 Å². The highest BCUT2D eigenvalue weighted by molar-refractivity contribution is 6.30. The Morgan fingerprint density at radius 3 is 2.45 bits per heavy atom. The van der Waals surface area contributed by atoms with Gasteiger partial charge < -0.3 is 5.32 Å². The molecule has 1 aromatic heterocycles. The van der Waals surface area contributed by atoms with Crippen LogP contribution in [-0.4, -0.2) is 28.2 Å². The lowest BCUT2D eigenvalue weighted by atomic mass is 10.1. The molecule has 0 atom stereocenters. The molecular formula is C24H28ClN5O. The Labute approximate surface area is 188 Å². The average Bonchev–Trinajstić information content (AvgIpc) is 2.97. The number of carbonyl (C=O) groups is 1. The molecule has 3 rings (SSSR count). The maximum atomic E-state index is 12.8. The highest BCUT2D eigenvalue weighted by Gasteiger charge is 2.12. The van der Waals surface area contributed by atoms with Crippen molar-refractivity contribution in [3.05, 3.63) is 81.1 Å². The molecule has 2 N–H and O–H groups in total. The number of halogens is 1. The molecule has 1 amide bonds. The van der Waals surface area contributed by atoms with E-state index in [2.05, 4.69) is 33.7 Å². The fraction of sp³-hybridized carbons (Fsp3) is 0.292. The second-order valence-electron chi connectivity index (χ2n) is 7.66. The van der Waals surface area contributed by atoms with Crippen LogP contribution in [0.5, 0.6) is 0 Å². The second kappa shape index (κ2) is 9.79. The molecule has 0 fully saturated rings. The number of hydrogen-bond donors (Lipinski definition) is 2. The van der Waals surface area contributed by atoms with Gasteiger partial charge in [-0.1, -0.05) is 23.7 Å². The number of guanidine groups is 1. The van der Waals surface area contributed by atoms with Crippen LogP contribution >= 0.6 is 11.6 Å². The molecule has 0 aliphatic carbocycles. The first-order valence-electron chi connectivity index (χ1n) is 10.2. The van der Waals surface area contributed by atoms with Crippen LogP contribution in [0, 0.1) is 27.7 Å². The largest absolute Gasteiger partial charge is 0.326 e. The molecule has 0 spiro atoms. The maximum Gasteiger partial charge on any atom is 0.257 e. The van der Waals surface area contributed by atoms with Crippen LogP contribution in [0.15, 0.2) is 47.5 Å². The summed E-state index contributed by atoms with van der Waals surface area (Å²) in [5, 5.41) is 11.2. The van der Waals surface area contributed by atoms with Gasteiger partial charge in [-0.05, 0) is 81.1 Å². The summed E-state index contributed by atoms with van der Waals surface area (Å²) < 4.78 is 1.88. The molecule has 0 aliphatic heterocycles. The van der Waals surface area contributed by atoms with Crippen molar-refractivity contribution in [3.8, 4) is 0 Å². The Bertz CT molecular complexity index is 1120. The van der Waals surface area contributed by atoms with Gasteiger partial charge in [0.25, 0.3) is 5.91 Å². The van der Waals surface area contributed by atoms with Crippen LogP contribution in [0.25, 0.3) is 0 Å². The fourth-order valence-electron chi connectivity index (χ4n) is 3.35. The third-order valence-corrected chi connectivity index (χ3v) is 5.53. The minimum Gasteiger partial charge on any atom is -0.326 e. The molecule has 0 bridgehead atoms. The molecule has 3 aromatic rings. The van der Waals surface area contributed by atoms with Crippen molar-refractivity contribution in [3.63, 3.8) is 0 Å². The molecule has 0 aliphatic rings. The number of benzene rings is 2. The van der Waals surface area contributed by atoms with Crippen molar-refractivity contribution in [1.29, 1.82) is 0 Å². The van der Waals surface area contributed by atoms with Gasteiger partial charge in [-0.25, -0.2) is 0 Å². The van der Waals surface area contributed by atoms with E-state index in [-0.39, 0.29) is 5.91 Å². The monoisotopic (exact) mass is 437 g/mol. The fourth-order valence-corrected chi connectivity index (χ4v) is 3.47. The van der Waals surface area contributed by atoms with E-state index in [4.69, 9.17) is 11.6 Å². The molecule has 6 nitrogen and oxygen atoms in total. The van der Waals surface area contributed by atoms with Gasteiger partial charge in [-0.3, -0.25) is 19.8 Å². The number of amides is 1. The molecule has 0 unspecified atom stereocenters. The van der Waals surface area contributed by atoms with Gasteiger partial charge in [0.1, 0.15) is 0 Å². The van der Waals surface area contributed by atoms with Gasteiger partial charge >= 0.3 is 0 Å². The first-order valence-corrected chi connectivity index (χ1v) is 10.6. The van der Waals surface area contributed by atoms with E-state index in [1.54, 1.807) is 24.3 Å². The highest BCUT2D eigenvalue weighted by Crippen LogP contribution is 2.17. The number of aryl methyl sites for hydroxylation is 4. The second-order valence-corrected chi connectivity index (χ2v) is 8.09. The lowest BCUT2D eigenvalue weighted by molar-refractivity contribution is 0.0977. The molecule has 0 saturated heterocycles. The SMILES string of the molecule is Cc1ccc(C)c(NC(=NCCc2c(C)nn(C)c2C)NC(=O)c2ccc(Cl)cc2)c1. The molecule has 2 aromatic carbocycles. The Balaban J connectivity index is 1.82. The zero-order valence-corrected chi connectivity index (χ0v) is 19.3. The van der Waals surface area contributed by atoms with Gasteiger partial charge in [-0.15, -0.1) is 0 Å². The van der Waals surface area contributed by atoms with Crippen molar-refractivity contribution in [2.24, 2.45) is 12.0 Å². The lowest BCUT2D eigenvalue weighted by Gasteiger charge is -2.14. The Kier molecular flexibility index (Phi) is 7.13. The van der Waals surface area contributed by atoms with Crippen molar-refractivity contribution in [1.82, 2.24) is 15.1 Å². The number of anilines is 1. The van der Waals surface area contributed by atoms with E-state index < -0.39 is 0 Å². The summed E-state index contributed by atoms with van der Waals surface area (Å²) in [6.07, 6.45) is 0.736. The standard InChI is InChI=1S/C24H28ClN5O/c1-15-6-7-16(2)22(14-15)27-24(28-23(31)19-8-10-20(25)11-9-19)26-13-12-21-17(3)29-30(5)18(21)4/h6-11,14H,12-13H2,1-5H3,(H2,26,27,28,31). The average molecular weight is 438 g/mol. The number of hydrogen-bond acceptors (Lipinski definition) is 3. The molecule has 31 heavy (non-hydrogen) atoms. The van der Waals surface area contributed by atoms with Crippen molar-refractivity contribution < 1.29 is 4.79 Å². The van der Waals surface area contributed by atoms with Gasteiger partial charge in [0, 0.05) is 35.6 Å². The number of nitrogens with one attached hydrogen (secondary N) is 2. The van der Waals surface area contributed by atoms with Crippen molar-refractivity contribution in [2.45, 2.75) is 34.1 Å². The predicted octanol–water partition coefficient (Wildman–Crippen LogP) is 4.75. The summed E-state index contributed by atoms with van der Waals surface area (Å²) in [6, 6.07) is 12.9. The third-order valence-electron chi connectivity index (χ3n) is 5.28. The van der Waals surface area contributed by atoms with E-state index >= 15 is 0 Å². The number of aliphatic imine (C=N–C) groups is 1. The molecule has 162 valence electrons. The van der Waals surface area contributed by atoms with Crippen LogP contribution in [-0.2, 0) is 13.5 Å². The molecule has 1 heterocycles. The number of carbonyl (C=O) groups excluding carboxylic acids is 1. The summed E-state index contributed by atoms with van der Waals surface area (Å²) in [7, 11) is 1.94. The van der Waals surface area contributed by atoms with Crippen LogP contribution in [0.3, 0.4) is 0 Å². The van der Waals surface area contributed by atoms with Crippen molar-refractivity contribution >= 4 is 29.2 Å². The van der Waals surface area contributed by atoms with Crippen LogP contribution in [0.4, 0.5) is 5.69 Å². The summed E-state index contributed by atoms with van der Waals surface area (Å²) in [5.74, 6) is 0.162. The molecule has 0 radical (unpaired) electrons. The maximum absolute atomic E-state index is 12.8. The van der Waals surface area contributed by atoms with Gasteiger partial charge in [0.15, 0.2) is 0 Å². The summed E-state index contributed by atoms with van der Waals surface area (Å²) in [6.45, 7) is 8.62. The van der Waals surface area contributed by atoms with Crippen LogP contribution < -0.4 is 10.6 Å². The minimum atomic E-state index is -0.248. The number of nitrogens with zero attached hydrogens (tertiary/aromatic N) is 3. The zero-order chi connectivity index (χ0) is 22.5. The van der Waals surface area contributed by atoms with Crippen LogP contribution in [0.2, 0.25) is 5.02 Å². The van der Waals surface area contributed by atoms with Gasteiger partial charge in [-0.2, -0.15) is 5.10 Å². The third kappa shape index (κ3) is 5.73. The normalized spacial score (nSPS) is 11.5. The number of rotatable bonds is 5. The number of aromatic nitrogens is 2. The van der Waals surface area contributed by atoms with E-state index in [0.29, 0.717) is 23.1 Å². The topological polar surface area (TPSA) is 71.3 Å². The van der Waals surface area contributed by atoms with Crippen molar-refractivity contribution in [2.75, 3.05) is 11.9 Å². The predicted molar refractivity (Wildman–Crippen MR) is 127 cm³/mol. The van der Waals surface area contributed by atoms with Crippen LogP contribution in [0.1, 0.15) is 38.4 Å². The quantitative estimate of drug-likeness (QED) is 0.447. The Morgan fingerprint density at radius 1 is 1.10 bits per heavy atom. The summed E-state index contributed by atoms with van der Waals surface area (Å²) in [5.41, 5.74) is 6.92. The van der Waals surface area contributed by atoms with E-state index in [1.807, 2.05) is 44.6 Å². The van der Waals surface area contributed by atoms with Gasteiger partial charge in [0.2, 0.25) is 5.96 Å². The Hall–Kier alpha value is -3.12. The smallest absolute Gasteiger partial charge is 0.257 e. The first-order chi connectivity index (χ1) is 14.7. The summed E-state index contributed by atoms with van der Waals surface area (Å²) in [4.78, 5) is 17.4. The van der Waals surface area contributed by atoms with E-state index in [0.717, 1.165) is 34.6 Å².